The Morgan fingerprint density at radius 1 is 1.56 bits per heavy atom. The predicted molar refractivity (Wildman–Crippen MR) is 61.2 cm³/mol. The van der Waals surface area contributed by atoms with Gasteiger partial charge in [-0.2, -0.15) is 0 Å². The molecule has 1 aromatic rings. The van der Waals surface area contributed by atoms with Gasteiger partial charge in [-0.15, -0.1) is 0 Å². The molecule has 4 heteroatoms. The molecule has 86 valence electrons. The van der Waals surface area contributed by atoms with E-state index in [0.717, 1.165) is 18.0 Å². The first-order valence-corrected chi connectivity index (χ1v) is 5.24. The first-order chi connectivity index (χ1) is 7.72. The van der Waals surface area contributed by atoms with Crippen LogP contribution < -0.4 is 9.64 Å². The molecule has 0 spiro atoms. The van der Waals surface area contributed by atoms with Crippen molar-refractivity contribution < 1.29 is 14.3 Å². The van der Waals surface area contributed by atoms with Gasteiger partial charge in [0.2, 0.25) is 0 Å². The average molecular weight is 221 g/mol. The lowest BCUT2D eigenvalue weighted by molar-refractivity contribution is 0.101. The molecular formula is C12H15NO3. The SMILES string of the molecule is COCN1CCOc2ccc(C(C)=O)cc21. The number of carbonyl (C=O) groups is 1. The van der Waals surface area contributed by atoms with Crippen molar-refractivity contribution in [3.05, 3.63) is 23.8 Å². The van der Waals surface area contributed by atoms with Crippen molar-refractivity contribution in [1.29, 1.82) is 0 Å². The number of rotatable bonds is 3. The van der Waals surface area contributed by atoms with E-state index in [2.05, 4.69) is 4.90 Å². The summed E-state index contributed by atoms with van der Waals surface area (Å²) in [4.78, 5) is 13.4. The van der Waals surface area contributed by atoms with Gasteiger partial charge in [0, 0.05) is 12.7 Å². The highest BCUT2D eigenvalue weighted by Crippen LogP contribution is 2.32. The van der Waals surface area contributed by atoms with Crippen LogP contribution in [0.25, 0.3) is 0 Å². The van der Waals surface area contributed by atoms with Crippen LogP contribution in [0.3, 0.4) is 0 Å². The van der Waals surface area contributed by atoms with Crippen molar-refractivity contribution in [2.75, 3.05) is 31.9 Å². The number of ether oxygens (including phenoxy) is 2. The van der Waals surface area contributed by atoms with Crippen LogP contribution in [0.1, 0.15) is 17.3 Å². The topological polar surface area (TPSA) is 38.8 Å². The molecule has 0 aliphatic carbocycles. The zero-order chi connectivity index (χ0) is 11.5. The van der Waals surface area contributed by atoms with Crippen molar-refractivity contribution >= 4 is 11.5 Å². The van der Waals surface area contributed by atoms with E-state index in [0.29, 0.717) is 18.9 Å². The molecule has 0 aromatic heterocycles. The largest absolute Gasteiger partial charge is 0.490 e. The second-order valence-electron chi connectivity index (χ2n) is 3.77. The van der Waals surface area contributed by atoms with Gasteiger partial charge in [0.05, 0.1) is 12.2 Å². The van der Waals surface area contributed by atoms with E-state index in [1.165, 1.54) is 0 Å². The van der Waals surface area contributed by atoms with E-state index in [9.17, 15) is 4.79 Å². The Kier molecular flexibility index (Phi) is 3.10. The standard InChI is InChI=1S/C12H15NO3/c1-9(14)10-3-4-12-11(7-10)13(8-15-2)5-6-16-12/h3-4,7H,5-6,8H2,1-2H3. The molecule has 0 unspecified atom stereocenters. The van der Waals surface area contributed by atoms with Crippen molar-refractivity contribution in [3.63, 3.8) is 0 Å². The smallest absolute Gasteiger partial charge is 0.159 e. The number of hydrogen-bond acceptors (Lipinski definition) is 4. The number of carbonyl (C=O) groups excluding carboxylic acids is 1. The third-order valence-corrected chi connectivity index (χ3v) is 2.61. The number of benzene rings is 1. The summed E-state index contributed by atoms with van der Waals surface area (Å²) >= 11 is 0. The summed E-state index contributed by atoms with van der Waals surface area (Å²) in [5.74, 6) is 0.874. The lowest BCUT2D eigenvalue weighted by atomic mass is 10.1. The van der Waals surface area contributed by atoms with Crippen molar-refractivity contribution in [2.45, 2.75) is 6.92 Å². The fraction of sp³-hybridized carbons (Fsp3) is 0.417. The third-order valence-electron chi connectivity index (χ3n) is 2.61. The van der Waals surface area contributed by atoms with Crippen LogP contribution in [0.4, 0.5) is 5.69 Å². The number of nitrogens with zero attached hydrogens (tertiary/aromatic N) is 1. The van der Waals surface area contributed by atoms with Gasteiger partial charge in [-0.1, -0.05) is 0 Å². The number of Topliss-reactive ketones (excluding diaryl/α,β-unsaturated/α-hetero) is 1. The predicted octanol–water partition coefficient (Wildman–Crippen LogP) is 1.69. The zero-order valence-corrected chi connectivity index (χ0v) is 9.53. The quantitative estimate of drug-likeness (QED) is 0.728. The molecule has 1 aliphatic heterocycles. The highest BCUT2D eigenvalue weighted by molar-refractivity contribution is 5.95. The monoisotopic (exact) mass is 221 g/mol. The molecule has 2 rings (SSSR count). The minimum absolute atomic E-state index is 0.0609. The van der Waals surface area contributed by atoms with Gasteiger partial charge in [0.25, 0.3) is 0 Å². The molecule has 0 atom stereocenters. The number of fused-ring (bicyclic) bond motifs is 1. The molecule has 0 N–H and O–H groups in total. The Bertz CT molecular complexity index is 403. The van der Waals surface area contributed by atoms with Crippen LogP contribution in [0, 0.1) is 0 Å². The van der Waals surface area contributed by atoms with Crippen molar-refractivity contribution in [2.24, 2.45) is 0 Å². The van der Waals surface area contributed by atoms with Gasteiger partial charge >= 0.3 is 0 Å². The first-order valence-electron chi connectivity index (χ1n) is 5.24. The van der Waals surface area contributed by atoms with Crippen molar-refractivity contribution in [1.82, 2.24) is 0 Å². The van der Waals surface area contributed by atoms with Crippen LogP contribution in [-0.2, 0) is 4.74 Å². The minimum Gasteiger partial charge on any atom is -0.490 e. The Morgan fingerprint density at radius 2 is 2.38 bits per heavy atom. The maximum absolute atomic E-state index is 11.3. The van der Waals surface area contributed by atoms with Crippen LogP contribution >= 0.6 is 0 Å². The van der Waals surface area contributed by atoms with Crippen molar-refractivity contribution in [3.8, 4) is 5.75 Å². The van der Waals surface area contributed by atoms with E-state index in [-0.39, 0.29) is 5.78 Å². The van der Waals surface area contributed by atoms with Gasteiger partial charge in [0.15, 0.2) is 5.78 Å². The van der Waals surface area contributed by atoms with E-state index >= 15 is 0 Å². The van der Waals surface area contributed by atoms with Gasteiger partial charge in [-0.25, -0.2) is 0 Å². The second-order valence-corrected chi connectivity index (χ2v) is 3.77. The minimum atomic E-state index is 0.0609. The molecule has 1 aromatic carbocycles. The van der Waals surface area contributed by atoms with Gasteiger partial charge in [0.1, 0.15) is 19.1 Å². The zero-order valence-electron chi connectivity index (χ0n) is 9.53. The maximum Gasteiger partial charge on any atom is 0.159 e. The Hall–Kier alpha value is -1.55. The normalized spacial score (nSPS) is 14.2. The van der Waals surface area contributed by atoms with Crippen LogP contribution in [0.5, 0.6) is 5.75 Å². The number of ketones is 1. The molecule has 4 nitrogen and oxygen atoms in total. The van der Waals surface area contributed by atoms with E-state index < -0.39 is 0 Å². The lowest BCUT2D eigenvalue weighted by Gasteiger charge is -2.30. The highest BCUT2D eigenvalue weighted by atomic mass is 16.5. The number of anilines is 1. The third kappa shape index (κ3) is 2.02. The molecule has 1 heterocycles. The van der Waals surface area contributed by atoms with E-state index in [1.807, 2.05) is 12.1 Å². The molecule has 0 saturated heterocycles. The summed E-state index contributed by atoms with van der Waals surface area (Å²) in [7, 11) is 1.66. The molecular weight excluding hydrogens is 206 g/mol. The summed E-state index contributed by atoms with van der Waals surface area (Å²) in [5.41, 5.74) is 1.63. The van der Waals surface area contributed by atoms with Crippen LogP contribution in [0.2, 0.25) is 0 Å². The molecule has 1 aliphatic rings. The first kappa shape index (κ1) is 11.0. The average Bonchev–Trinajstić information content (AvgIpc) is 2.29. The van der Waals surface area contributed by atoms with E-state index in [1.54, 1.807) is 20.1 Å². The Balaban J connectivity index is 2.36. The molecule has 0 bridgehead atoms. The summed E-state index contributed by atoms with van der Waals surface area (Å²) in [6.45, 7) is 3.50. The fourth-order valence-corrected chi connectivity index (χ4v) is 1.78. The van der Waals surface area contributed by atoms with Gasteiger partial charge in [-0.05, 0) is 25.1 Å². The second kappa shape index (κ2) is 4.53. The van der Waals surface area contributed by atoms with Crippen LogP contribution in [0.15, 0.2) is 18.2 Å². The number of methoxy groups -OCH3 is 1. The van der Waals surface area contributed by atoms with Gasteiger partial charge in [-0.3, -0.25) is 4.79 Å². The van der Waals surface area contributed by atoms with E-state index in [4.69, 9.17) is 9.47 Å². The summed E-state index contributed by atoms with van der Waals surface area (Å²) in [6, 6.07) is 5.49. The molecule has 0 saturated carbocycles. The van der Waals surface area contributed by atoms with Gasteiger partial charge < -0.3 is 14.4 Å². The summed E-state index contributed by atoms with van der Waals surface area (Å²) < 4.78 is 10.7. The summed E-state index contributed by atoms with van der Waals surface area (Å²) in [5, 5.41) is 0. The molecule has 0 radical (unpaired) electrons. The molecule has 16 heavy (non-hydrogen) atoms. The molecule has 0 amide bonds. The Morgan fingerprint density at radius 3 is 3.06 bits per heavy atom. The highest BCUT2D eigenvalue weighted by Gasteiger charge is 2.18. The lowest BCUT2D eigenvalue weighted by Crippen LogP contribution is -2.34. The Labute approximate surface area is 94.8 Å². The summed E-state index contributed by atoms with van der Waals surface area (Å²) in [6.07, 6.45) is 0. The number of hydrogen-bond donors (Lipinski definition) is 0. The van der Waals surface area contributed by atoms with Crippen LogP contribution in [-0.4, -0.2) is 32.8 Å². The molecule has 0 fully saturated rings. The fourth-order valence-electron chi connectivity index (χ4n) is 1.78. The maximum atomic E-state index is 11.3.